The molecule has 23 heavy (non-hydrogen) atoms. The van der Waals surface area contributed by atoms with Crippen LogP contribution in [0.15, 0.2) is 0 Å². The molecule has 0 aromatic carbocycles. The Morgan fingerprint density at radius 3 is 2.30 bits per heavy atom. The van der Waals surface area contributed by atoms with Gasteiger partial charge in [0, 0.05) is 13.1 Å². The maximum Gasteiger partial charge on any atom is 0.312 e. The van der Waals surface area contributed by atoms with Gasteiger partial charge in [-0.25, -0.2) is 4.79 Å². The third kappa shape index (κ3) is 12.3. The van der Waals surface area contributed by atoms with E-state index in [4.69, 9.17) is 18.0 Å². The highest BCUT2D eigenvalue weighted by Crippen LogP contribution is 1.98. The fraction of sp³-hybridized carbons (Fsp3) is 0.714. The maximum atomic E-state index is 11.8. The summed E-state index contributed by atoms with van der Waals surface area (Å²) in [5, 5.41) is 11.3. The largest absolute Gasteiger partial charge is 0.363 e. The van der Waals surface area contributed by atoms with Crippen LogP contribution in [0.5, 0.6) is 0 Å². The van der Waals surface area contributed by atoms with Gasteiger partial charge in [0.1, 0.15) is 0 Å². The number of carbonyl (C=O) groups is 3. The van der Waals surface area contributed by atoms with Crippen LogP contribution in [0.3, 0.4) is 0 Å². The van der Waals surface area contributed by atoms with Crippen LogP contribution in [0.4, 0.5) is 4.79 Å². The number of rotatable bonds is 11. The maximum absolute atomic E-state index is 11.8. The Kier molecular flexibility index (Phi) is 11.6. The number of primary amides is 1. The van der Waals surface area contributed by atoms with Crippen molar-refractivity contribution >= 4 is 35.1 Å². The van der Waals surface area contributed by atoms with Crippen molar-refractivity contribution in [3.05, 3.63) is 0 Å². The van der Waals surface area contributed by atoms with E-state index in [2.05, 4.69) is 28.2 Å². The van der Waals surface area contributed by atoms with Crippen molar-refractivity contribution in [1.29, 1.82) is 0 Å². The van der Waals surface area contributed by atoms with Crippen LogP contribution in [0.25, 0.3) is 0 Å². The molecule has 0 aromatic rings. The van der Waals surface area contributed by atoms with Gasteiger partial charge >= 0.3 is 6.03 Å². The van der Waals surface area contributed by atoms with Crippen LogP contribution in [-0.2, 0) is 9.59 Å². The zero-order valence-electron chi connectivity index (χ0n) is 13.7. The summed E-state index contributed by atoms with van der Waals surface area (Å²) in [5.41, 5.74) is 4.95. The summed E-state index contributed by atoms with van der Waals surface area (Å²) >= 11 is 5.04. The van der Waals surface area contributed by atoms with Gasteiger partial charge < -0.3 is 27.0 Å². The van der Waals surface area contributed by atoms with Crippen molar-refractivity contribution < 1.29 is 14.4 Å². The lowest BCUT2D eigenvalue weighted by Gasteiger charge is -2.17. The van der Waals surface area contributed by atoms with Crippen molar-refractivity contribution in [1.82, 2.24) is 21.3 Å². The molecule has 0 heterocycles. The molecule has 8 nitrogen and oxygen atoms in total. The van der Waals surface area contributed by atoms with Crippen LogP contribution < -0.4 is 27.0 Å². The van der Waals surface area contributed by atoms with E-state index in [0.717, 1.165) is 19.4 Å². The van der Waals surface area contributed by atoms with Gasteiger partial charge in [-0.1, -0.05) is 13.3 Å². The van der Waals surface area contributed by atoms with Gasteiger partial charge in [-0.15, -0.1) is 0 Å². The molecule has 0 aliphatic rings. The molecule has 0 saturated heterocycles. The lowest BCUT2D eigenvalue weighted by molar-refractivity contribution is -0.126. The van der Waals surface area contributed by atoms with Crippen LogP contribution in [0.2, 0.25) is 0 Å². The summed E-state index contributed by atoms with van der Waals surface area (Å²) in [7, 11) is 0. The highest BCUT2D eigenvalue weighted by molar-refractivity contribution is 7.80. The lowest BCUT2D eigenvalue weighted by atomic mass is 10.1. The molecule has 1 unspecified atom stereocenters. The van der Waals surface area contributed by atoms with Gasteiger partial charge in [0.15, 0.2) is 10.9 Å². The first-order valence-electron chi connectivity index (χ1n) is 7.71. The molecule has 132 valence electrons. The minimum absolute atomic E-state index is 0.00126. The summed E-state index contributed by atoms with van der Waals surface area (Å²) in [6, 6.07) is -1.19. The topological polar surface area (TPSA) is 125 Å². The molecule has 0 rings (SSSR count). The first-order chi connectivity index (χ1) is 10.9. The number of unbranched alkanes of at least 4 members (excludes halogenated alkanes) is 1. The molecule has 0 aliphatic carbocycles. The number of hydrogen-bond acceptors (Lipinski definition) is 4. The second kappa shape index (κ2) is 12.6. The van der Waals surface area contributed by atoms with E-state index in [0.29, 0.717) is 24.5 Å². The van der Waals surface area contributed by atoms with Crippen LogP contribution in [0, 0.1) is 0 Å². The third-order valence-electron chi connectivity index (χ3n) is 3.02. The van der Waals surface area contributed by atoms with Gasteiger partial charge in [0.2, 0.25) is 5.91 Å². The molecule has 0 spiro atoms. The Labute approximate surface area is 142 Å². The summed E-state index contributed by atoms with van der Waals surface area (Å²) in [6.45, 7) is 4.61. The lowest BCUT2D eigenvalue weighted by Crippen LogP contribution is -2.47. The Balaban J connectivity index is 4.02. The Bertz CT molecular complexity index is 417. The van der Waals surface area contributed by atoms with Crippen molar-refractivity contribution in [3.8, 4) is 0 Å². The summed E-state index contributed by atoms with van der Waals surface area (Å²) in [6.07, 6.45) is 3.03. The predicted octanol–water partition coefficient (Wildman–Crippen LogP) is -0.227. The Morgan fingerprint density at radius 2 is 1.74 bits per heavy atom. The average molecular weight is 345 g/mol. The van der Waals surface area contributed by atoms with Gasteiger partial charge in [0.25, 0.3) is 0 Å². The van der Waals surface area contributed by atoms with Gasteiger partial charge in [-0.3, -0.25) is 9.59 Å². The number of thiocarbonyl (C=S) groups is 1. The van der Waals surface area contributed by atoms with E-state index in [1.807, 2.05) is 0 Å². The Hall–Kier alpha value is -1.90. The van der Waals surface area contributed by atoms with Crippen molar-refractivity contribution in [2.24, 2.45) is 5.73 Å². The second-order valence-corrected chi connectivity index (χ2v) is 5.54. The number of amides is 3. The third-order valence-corrected chi connectivity index (χ3v) is 3.31. The second-order valence-electron chi connectivity index (χ2n) is 5.13. The zero-order chi connectivity index (χ0) is 17.7. The van der Waals surface area contributed by atoms with Crippen LogP contribution in [0.1, 0.15) is 39.5 Å². The van der Waals surface area contributed by atoms with Gasteiger partial charge in [-0.05, 0) is 38.4 Å². The molecule has 0 bridgehead atoms. The molecular weight excluding hydrogens is 318 g/mol. The van der Waals surface area contributed by atoms with E-state index < -0.39 is 12.1 Å². The summed E-state index contributed by atoms with van der Waals surface area (Å²) < 4.78 is 0. The standard InChI is InChI=1S/C14H27N5O3S/c1-3-4-7-17-14(23)18-9-12(21)19-11(10(2)20)6-5-8-16-13(15)22/h11H,3-9H2,1-2H3,(H,19,21)(H3,15,16,22)(H2,17,18,23). The highest BCUT2D eigenvalue weighted by Gasteiger charge is 2.16. The Morgan fingerprint density at radius 1 is 1.09 bits per heavy atom. The van der Waals surface area contributed by atoms with E-state index in [1.54, 1.807) is 0 Å². The zero-order valence-corrected chi connectivity index (χ0v) is 14.6. The van der Waals surface area contributed by atoms with E-state index >= 15 is 0 Å². The quantitative estimate of drug-likeness (QED) is 0.260. The molecule has 0 fully saturated rings. The number of ketones is 1. The van der Waals surface area contributed by atoms with Gasteiger partial charge in [0.05, 0.1) is 12.6 Å². The van der Waals surface area contributed by atoms with Crippen LogP contribution >= 0.6 is 12.2 Å². The van der Waals surface area contributed by atoms with Crippen molar-refractivity contribution in [3.63, 3.8) is 0 Å². The van der Waals surface area contributed by atoms with Crippen molar-refractivity contribution in [2.75, 3.05) is 19.6 Å². The minimum atomic E-state index is -0.610. The molecule has 0 aromatic heterocycles. The van der Waals surface area contributed by atoms with Gasteiger partial charge in [-0.2, -0.15) is 0 Å². The molecule has 3 amide bonds. The normalized spacial score (nSPS) is 11.2. The molecule has 0 saturated carbocycles. The molecular formula is C14H27N5O3S. The average Bonchev–Trinajstić information content (AvgIpc) is 2.48. The molecule has 6 N–H and O–H groups in total. The summed E-state index contributed by atoms with van der Waals surface area (Å²) in [5.74, 6) is -0.450. The molecule has 0 aliphatic heterocycles. The number of Topliss-reactive ketones (excluding diaryl/α,β-unsaturated/α-hetero) is 1. The van der Waals surface area contributed by atoms with E-state index in [-0.39, 0.29) is 18.2 Å². The summed E-state index contributed by atoms with van der Waals surface area (Å²) in [4.78, 5) is 33.9. The fourth-order valence-electron chi connectivity index (χ4n) is 1.74. The smallest absolute Gasteiger partial charge is 0.312 e. The van der Waals surface area contributed by atoms with E-state index in [1.165, 1.54) is 6.92 Å². The molecule has 0 radical (unpaired) electrons. The first kappa shape index (κ1) is 21.1. The first-order valence-corrected chi connectivity index (χ1v) is 8.12. The fourth-order valence-corrected chi connectivity index (χ4v) is 1.92. The number of carbonyl (C=O) groups excluding carboxylic acids is 3. The van der Waals surface area contributed by atoms with Crippen LogP contribution in [-0.4, -0.2) is 48.5 Å². The number of hydrogen-bond donors (Lipinski definition) is 5. The van der Waals surface area contributed by atoms with E-state index in [9.17, 15) is 14.4 Å². The monoisotopic (exact) mass is 345 g/mol. The number of nitrogens with two attached hydrogens (primary N) is 1. The highest BCUT2D eigenvalue weighted by atomic mass is 32.1. The molecule has 1 atom stereocenters. The number of urea groups is 1. The SMILES string of the molecule is CCCCNC(=S)NCC(=O)NC(CCCNC(N)=O)C(C)=O. The predicted molar refractivity (Wildman–Crippen MR) is 92.9 cm³/mol. The minimum Gasteiger partial charge on any atom is -0.363 e. The van der Waals surface area contributed by atoms with Crippen molar-refractivity contribution in [2.45, 2.75) is 45.6 Å². The number of nitrogens with one attached hydrogen (secondary N) is 4. The molecule has 9 heteroatoms.